The van der Waals surface area contributed by atoms with Gasteiger partial charge in [-0.3, -0.25) is 14.2 Å². The Morgan fingerprint density at radius 1 is 1.11 bits per heavy atom. The van der Waals surface area contributed by atoms with Crippen LogP contribution in [0.1, 0.15) is 40.7 Å². The molecule has 0 radical (unpaired) electrons. The minimum absolute atomic E-state index is 0.0286. The predicted octanol–water partition coefficient (Wildman–Crippen LogP) is 3.80. The Bertz CT molecular complexity index is 1290. The maximum absolute atomic E-state index is 13.4. The lowest BCUT2D eigenvalue weighted by Gasteiger charge is -2.31. The number of carbonyl (C=O) groups is 2. The number of nitrogens with zero attached hydrogens (tertiary/aromatic N) is 2. The predicted molar refractivity (Wildman–Crippen MR) is 141 cm³/mol. The number of aliphatic hydroxyl groups is 1. The Labute approximate surface area is 222 Å². The van der Waals surface area contributed by atoms with Crippen LogP contribution < -0.4 is 0 Å². The van der Waals surface area contributed by atoms with Crippen molar-refractivity contribution in [1.82, 2.24) is 9.47 Å². The second-order valence-electron chi connectivity index (χ2n) is 9.28. The van der Waals surface area contributed by atoms with Gasteiger partial charge < -0.3 is 29.0 Å². The largest absolute Gasteiger partial charge is 0.459 e. The Kier molecular flexibility index (Phi) is 8.96. The van der Waals surface area contributed by atoms with Crippen molar-refractivity contribution in [3.8, 4) is 0 Å². The molecule has 0 aliphatic carbocycles. The highest BCUT2D eigenvalue weighted by Crippen LogP contribution is 2.37. The van der Waals surface area contributed by atoms with Crippen molar-refractivity contribution in [3.05, 3.63) is 83.3 Å². The zero-order chi connectivity index (χ0) is 27.2. The van der Waals surface area contributed by atoms with Crippen molar-refractivity contribution in [2.75, 3.05) is 27.8 Å². The van der Waals surface area contributed by atoms with Gasteiger partial charge in [0.1, 0.15) is 0 Å². The molecule has 1 aromatic heterocycles. The highest BCUT2D eigenvalue weighted by molar-refractivity contribution is 5.95. The van der Waals surface area contributed by atoms with Gasteiger partial charge in [0.15, 0.2) is 12.0 Å². The number of carbonyl (C=O) groups excluding carboxylic acids is 2. The normalized spacial score (nSPS) is 17.4. The van der Waals surface area contributed by atoms with E-state index < -0.39 is 12.6 Å². The van der Waals surface area contributed by atoms with E-state index in [0.29, 0.717) is 6.42 Å². The number of aromatic nitrogens is 1. The van der Waals surface area contributed by atoms with E-state index in [4.69, 9.17) is 18.9 Å². The van der Waals surface area contributed by atoms with Gasteiger partial charge in [0.25, 0.3) is 5.91 Å². The number of amides is 1. The fraction of sp³-hybridized carbons (Fsp3) is 0.379. The number of rotatable bonds is 10. The van der Waals surface area contributed by atoms with Crippen LogP contribution in [0.3, 0.4) is 0 Å². The van der Waals surface area contributed by atoms with Crippen LogP contribution in [0.5, 0.6) is 0 Å². The lowest BCUT2D eigenvalue weighted by molar-refractivity contribution is -0.160. The molecule has 0 spiro atoms. The van der Waals surface area contributed by atoms with Gasteiger partial charge in [0, 0.05) is 52.1 Å². The van der Waals surface area contributed by atoms with Crippen LogP contribution in [0.4, 0.5) is 0 Å². The van der Waals surface area contributed by atoms with E-state index in [1.54, 1.807) is 17.7 Å². The summed E-state index contributed by atoms with van der Waals surface area (Å²) >= 11 is 0. The van der Waals surface area contributed by atoms with E-state index >= 15 is 0 Å². The van der Waals surface area contributed by atoms with Crippen molar-refractivity contribution in [2.24, 2.45) is 0 Å². The van der Waals surface area contributed by atoms with Gasteiger partial charge in [-0.05, 0) is 28.8 Å². The van der Waals surface area contributed by atoms with Crippen LogP contribution >= 0.6 is 0 Å². The summed E-state index contributed by atoms with van der Waals surface area (Å²) in [6, 6.07) is 15.2. The first-order valence-electron chi connectivity index (χ1n) is 12.4. The van der Waals surface area contributed by atoms with Crippen LogP contribution in [-0.2, 0) is 37.0 Å². The number of methoxy groups -OCH3 is 2. The van der Waals surface area contributed by atoms with Crippen molar-refractivity contribution in [1.29, 1.82) is 0 Å². The lowest BCUT2D eigenvalue weighted by atomic mass is 9.92. The molecule has 2 aromatic carbocycles. The third-order valence-corrected chi connectivity index (χ3v) is 6.69. The molecule has 2 atom stereocenters. The van der Waals surface area contributed by atoms with Crippen LogP contribution in [0.25, 0.3) is 10.9 Å². The monoisotopic (exact) mass is 522 g/mol. The molecule has 0 fully saturated rings. The summed E-state index contributed by atoms with van der Waals surface area (Å²) in [4.78, 5) is 27.2. The van der Waals surface area contributed by atoms with Crippen molar-refractivity contribution < 1.29 is 33.6 Å². The van der Waals surface area contributed by atoms with E-state index in [0.717, 1.165) is 27.6 Å². The molecule has 202 valence electrons. The highest BCUT2D eigenvalue weighted by atomic mass is 16.7. The Hall–Kier alpha value is -3.50. The van der Waals surface area contributed by atoms with Gasteiger partial charge in [-0.1, -0.05) is 42.5 Å². The second kappa shape index (κ2) is 12.4. The number of hydrogen-bond donors (Lipinski definition) is 1. The number of aliphatic hydroxyl groups excluding tert-OH is 1. The molecular formula is C29H34N2O7. The van der Waals surface area contributed by atoms with Gasteiger partial charge in [0.05, 0.1) is 25.3 Å². The van der Waals surface area contributed by atoms with Crippen LogP contribution in [0.2, 0.25) is 0 Å². The van der Waals surface area contributed by atoms with E-state index in [9.17, 15) is 14.7 Å². The lowest BCUT2D eigenvalue weighted by Crippen LogP contribution is -2.39. The first-order valence-corrected chi connectivity index (χ1v) is 12.4. The quantitative estimate of drug-likeness (QED) is 0.404. The van der Waals surface area contributed by atoms with E-state index in [-0.39, 0.29) is 43.2 Å². The van der Waals surface area contributed by atoms with Crippen LogP contribution in [0, 0.1) is 0 Å². The summed E-state index contributed by atoms with van der Waals surface area (Å²) < 4.78 is 24.3. The number of likely N-dealkylation sites (N-methyl/N-ethyl adjacent to an activating group) is 1. The van der Waals surface area contributed by atoms with E-state index in [1.165, 1.54) is 26.0 Å². The fourth-order valence-corrected chi connectivity index (χ4v) is 4.56. The van der Waals surface area contributed by atoms with E-state index in [2.05, 4.69) is 0 Å². The van der Waals surface area contributed by atoms with Crippen molar-refractivity contribution in [2.45, 2.75) is 45.1 Å². The molecule has 1 N–H and O–H groups in total. The summed E-state index contributed by atoms with van der Waals surface area (Å²) in [6.45, 7) is 1.98. The molecule has 0 bridgehead atoms. The maximum Gasteiger partial charge on any atom is 0.288 e. The maximum atomic E-state index is 13.4. The Morgan fingerprint density at radius 2 is 1.79 bits per heavy atom. The molecule has 1 amide bonds. The van der Waals surface area contributed by atoms with Gasteiger partial charge in [0.2, 0.25) is 12.2 Å². The standard InChI is InChI=1S/C29H34N2O7/c1-19(33)31-15-24(23-7-5-6-8-25(23)31)22-13-26(29(34)30(2)16-28(35-3)36-4)38-27(14-22)37-18-21-11-9-20(17-32)10-12-21/h5-13,15,22,27-28,32H,14,16-18H2,1-4H3. The molecule has 2 heterocycles. The molecule has 2 unspecified atom stereocenters. The first-order chi connectivity index (χ1) is 18.3. The average molecular weight is 523 g/mol. The summed E-state index contributed by atoms with van der Waals surface area (Å²) in [7, 11) is 4.68. The summed E-state index contributed by atoms with van der Waals surface area (Å²) in [5.41, 5.74) is 3.45. The third kappa shape index (κ3) is 6.14. The molecule has 0 saturated heterocycles. The number of fused-ring (bicyclic) bond motifs is 1. The second-order valence-corrected chi connectivity index (χ2v) is 9.28. The SMILES string of the molecule is COC(CN(C)C(=O)C1=CC(c2cn(C(C)=O)c3ccccc23)CC(OCc2ccc(CO)cc2)O1)OC. The molecule has 9 nitrogen and oxygen atoms in total. The molecule has 0 saturated carbocycles. The highest BCUT2D eigenvalue weighted by Gasteiger charge is 2.32. The fourth-order valence-electron chi connectivity index (χ4n) is 4.56. The molecule has 9 heteroatoms. The zero-order valence-electron chi connectivity index (χ0n) is 22.1. The first kappa shape index (κ1) is 27.5. The van der Waals surface area contributed by atoms with Crippen molar-refractivity contribution >= 4 is 22.7 Å². The minimum atomic E-state index is -0.699. The number of hydrogen-bond acceptors (Lipinski definition) is 7. The molecule has 4 rings (SSSR count). The molecule has 1 aliphatic rings. The van der Waals surface area contributed by atoms with Gasteiger partial charge in [-0.25, -0.2) is 0 Å². The number of allylic oxidation sites excluding steroid dienone is 1. The zero-order valence-corrected chi connectivity index (χ0v) is 22.1. The van der Waals surface area contributed by atoms with Crippen LogP contribution in [-0.4, -0.2) is 66.8 Å². The molecule has 3 aromatic rings. The number of ether oxygens (including phenoxy) is 4. The summed E-state index contributed by atoms with van der Waals surface area (Å²) in [5, 5.41) is 10.2. The van der Waals surface area contributed by atoms with Gasteiger partial charge >= 0.3 is 0 Å². The number of para-hydroxylation sites is 1. The average Bonchev–Trinajstić information content (AvgIpc) is 3.34. The summed E-state index contributed by atoms with van der Waals surface area (Å²) in [5.74, 6) is -0.493. The Morgan fingerprint density at radius 3 is 2.45 bits per heavy atom. The van der Waals surface area contributed by atoms with Crippen molar-refractivity contribution in [3.63, 3.8) is 0 Å². The minimum Gasteiger partial charge on any atom is -0.459 e. The van der Waals surface area contributed by atoms with E-state index in [1.807, 2.05) is 54.7 Å². The van der Waals surface area contributed by atoms with Gasteiger partial charge in [-0.2, -0.15) is 0 Å². The topological polar surface area (TPSA) is 99.5 Å². The van der Waals surface area contributed by atoms with Gasteiger partial charge in [-0.15, -0.1) is 0 Å². The number of benzene rings is 2. The van der Waals surface area contributed by atoms with Crippen LogP contribution in [0.15, 0.2) is 66.6 Å². The molecule has 38 heavy (non-hydrogen) atoms. The third-order valence-electron chi connectivity index (χ3n) is 6.69. The smallest absolute Gasteiger partial charge is 0.288 e. The Balaban J connectivity index is 1.63. The summed E-state index contributed by atoms with van der Waals surface area (Å²) in [6.07, 6.45) is 2.82. The molecular weight excluding hydrogens is 488 g/mol. The molecule has 1 aliphatic heterocycles.